The lowest BCUT2D eigenvalue weighted by molar-refractivity contribution is 0.248. The molecule has 0 amide bonds. The Morgan fingerprint density at radius 3 is 2.54 bits per heavy atom. The molecule has 1 fully saturated rings. The van der Waals surface area contributed by atoms with Crippen LogP contribution in [0.2, 0.25) is 0 Å². The highest BCUT2D eigenvalue weighted by Crippen LogP contribution is 2.23. The maximum absolute atomic E-state index is 9.51. The quantitative estimate of drug-likeness (QED) is 0.694. The van der Waals surface area contributed by atoms with Gasteiger partial charge in [0.2, 0.25) is 0 Å². The van der Waals surface area contributed by atoms with Crippen LogP contribution >= 0.6 is 0 Å². The number of aromatic nitrogens is 3. The van der Waals surface area contributed by atoms with E-state index in [0.29, 0.717) is 17.1 Å². The number of rotatable bonds is 4. The molecule has 0 atom stereocenters. The topological polar surface area (TPSA) is 82.1 Å². The summed E-state index contributed by atoms with van der Waals surface area (Å²) in [4.78, 5) is 18.0. The van der Waals surface area contributed by atoms with Crippen LogP contribution in [-0.2, 0) is 6.54 Å². The van der Waals surface area contributed by atoms with Gasteiger partial charge in [-0.3, -0.25) is 4.90 Å². The number of pyridine rings is 1. The van der Waals surface area contributed by atoms with Crippen molar-refractivity contribution in [2.75, 3.05) is 31.1 Å². The molecule has 4 heterocycles. The van der Waals surface area contributed by atoms with Gasteiger partial charge < -0.3 is 9.32 Å². The van der Waals surface area contributed by atoms with Crippen molar-refractivity contribution in [2.24, 2.45) is 0 Å². The van der Waals surface area contributed by atoms with Crippen LogP contribution in [0.4, 0.5) is 5.82 Å². The molecule has 0 spiro atoms. The first-order valence-electron chi connectivity index (χ1n) is 9.34. The minimum atomic E-state index is 0.600. The second-order valence-corrected chi connectivity index (χ2v) is 7.05. The molecular weight excluding hydrogens is 352 g/mol. The van der Waals surface area contributed by atoms with Crippen molar-refractivity contribution < 1.29 is 4.42 Å². The summed E-state index contributed by atoms with van der Waals surface area (Å²) >= 11 is 0. The van der Waals surface area contributed by atoms with Crippen LogP contribution in [0.1, 0.15) is 22.4 Å². The van der Waals surface area contributed by atoms with Gasteiger partial charge >= 0.3 is 0 Å². The smallest absolute Gasteiger partial charge is 0.195 e. The number of anilines is 1. The van der Waals surface area contributed by atoms with Crippen molar-refractivity contribution in [1.29, 1.82) is 5.26 Å². The minimum absolute atomic E-state index is 0.600. The molecule has 7 nitrogen and oxygen atoms in total. The standard InChI is InChI=1S/C21H22N6O/c1-15-10-16(2)25-21(18(15)11-22)27-7-5-26(6-8-27)14-17-12-23-20(24-13-17)19-4-3-9-28-19/h3-4,9-10,12-13H,5-8,14H2,1-2H3. The van der Waals surface area contributed by atoms with Crippen LogP contribution in [0.15, 0.2) is 41.3 Å². The highest BCUT2D eigenvalue weighted by molar-refractivity contribution is 5.58. The van der Waals surface area contributed by atoms with Gasteiger partial charge in [-0.1, -0.05) is 0 Å². The zero-order chi connectivity index (χ0) is 19.5. The fourth-order valence-electron chi connectivity index (χ4n) is 3.53. The first-order valence-corrected chi connectivity index (χ1v) is 9.34. The molecule has 28 heavy (non-hydrogen) atoms. The second-order valence-electron chi connectivity index (χ2n) is 7.05. The lowest BCUT2D eigenvalue weighted by Crippen LogP contribution is -2.46. The van der Waals surface area contributed by atoms with Gasteiger partial charge in [-0.05, 0) is 37.6 Å². The molecular formula is C21H22N6O. The number of piperazine rings is 1. The van der Waals surface area contributed by atoms with Crippen molar-refractivity contribution in [2.45, 2.75) is 20.4 Å². The summed E-state index contributed by atoms with van der Waals surface area (Å²) in [6.07, 6.45) is 5.33. The van der Waals surface area contributed by atoms with E-state index in [1.54, 1.807) is 6.26 Å². The average molecular weight is 374 g/mol. The van der Waals surface area contributed by atoms with E-state index in [-0.39, 0.29) is 0 Å². The molecule has 0 radical (unpaired) electrons. The van der Waals surface area contributed by atoms with Crippen molar-refractivity contribution in [3.8, 4) is 17.7 Å². The van der Waals surface area contributed by atoms with E-state index in [1.807, 2.05) is 44.4 Å². The SMILES string of the molecule is Cc1cc(C)c(C#N)c(N2CCN(Cc3cnc(-c4ccco4)nc3)CC2)n1. The maximum Gasteiger partial charge on any atom is 0.195 e. The molecule has 1 aliphatic heterocycles. The third-order valence-corrected chi connectivity index (χ3v) is 4.96. The van der Waals surface area contributed by atoms with Crippen LogP contribution < -0.4 is 4.90 Å². The Morgan fingerprint density at radius 1 is 1.14 bits per heavy atom. The highest BCUT2D eigenvalue weighted by Gasteiger charge is 2.22. The molecule has 142 valence electrons. The second kappa shape index (κ2) is 7.79. The molecule has 0 saturated carbocycles. The Hall–Kier alpha value is -3.24. The molecule has 7 heteroatoms. The monoisotopic (exact) mass is 374 g/mol. The summed E-state index contributed by atoms with van der Waals surface area (Å²) in [6.45, 7) is 8.24. The molecule has 0 unspecified atom stereocenters. The lowest BCUT2D eigenvalue weighted by atomic mass is 10.1. The van der Waals surface area contributed by atoms with Gasteiger partial charge in [0.25, 0.3) is 0 Å². The van der Waals surface area contributed by atoms with Gasteiger partial charge in [0.1, 0.15) is 11.9 Å². The van der Waals surface area contributed by atoms with E-state index in [1.165, 1.54) is 0 Å². The Kier molecular flexibility index (Phi) is 5.04. The number of aryl methyl sites for hydroxylation is 2. The number of furan rings is 1. The van der Waals surface area contributed by atoms with Crippen molar-refractivity contribution in [3.63, 3.8) is 0 Å². The lowest BCUT2D eigenvalue weighted by Gasteiger charge is -2.36. The normalized spacial score (nSPS) is 14.8. The summed E-state index contributed by atoms with van der Waals surface area (Å²) in [7, 11) is 0. The molecule has 1 aliphatic rings. The molecule has 0 aliphatic carbocycles. The van der Waals surface area contributed by atoms with Crippen molar-refractivity contribution in [3.05, 3.63) is 59.2 Å². The zero-order valence-corrected chi connectivity index (χ0v) is 16.1. The molecule has 0 aromatic carbocycles. The van der Waals surface area contributed by atoms with Gasteiger partial charge in [-0.2, -0.15) is 5.26 Å². The summed E-state index contributed by atoms with van der Waals surface area (Å²) in [5.74, 6) is 2.09. The fraction of sp³-hybridized carbons (Fsp3) is 0.333. The van der Waals surface area contributed by atoms with E-state index in [0.717, 1.165) is 55.4 Å². The predicted octanol–water partition coefficient (Wildman–Crippen LogP) is 2.94. The van der Waals surface area contributed by atoms with Gasteiger partial charge in [-0.25, -0.2) is 15.0 Å². The van der Waals surface area contributed by atoms with E-state index < -0.39 is 0 Å². The van der Waals surface area contributed by atoms with Crippen LogP contribution in [0.25, 0.3) is 11.6 Å². The first kappa shape index (κ1) is 18.1. The Balaban J connectivity index is 1.39. The van der Waals surface area contributed by atoms with Crippen molar-refractivity contribution >= 4 is 5.82 Å². The number of nitrogens with zero attached hydrogens (tertiary/aromatic N) is 6. The summed E-state index contributed by atoms with van der Waals surface area (Å²) in [6, 6.07) is 7.96. The fourth-order valence-corrected chi connectivity index (χ4v) is 3.53. The molecule has 0 bridgehead atoms. The van der Waals surface area contributed by atoms with Crippen LogP contribution in [0, 0.1) is 25.2 Å². The van der Waals surface area contributed by atoms with Gasteiger partial charge in [0.15, 0.2) is 11.6 Å². The third kappa shape index (κ3) is 3.73. The number of nitriles is 1. The van der Waals surface area contributed by atoms with Gasteiger partial charge in [0.05, 0.1) is 11.8 Å². The molecule has 3 aromatic rings. The van der Waals surface area contributed by atoms with E-state index in [9.17, 15) is 5.26 Å². The van der Waals surface area contributed by atoms with E-state index >= 15 is 0 Å². The summed E-state index contributed by atoms with van der Waals surface area (Å²) in [5.41, 5.74) is 3.69. The molecule has 4 rings (SSSR count). The maximum atomic E-state index is 9.51. The van der Waals surface area contributed by atoms with Crippen LogP contribution in [-0.4, -0.2) is 46.0 Å². The van der Waals surface area contributed by atoms with Gasteiger partial charge in [0, 0.05) is 56.4 Å². The largest absolute Gasteiger partial charge is 0.461 e. The van der Waals surface area contributed by atoms with Crippen molar-refractivity contribution in [1.82, 2.24) is 19.9 Å². The number of hydrogen-bond donors (Lipinski definition) is 0. The molecule has 3 aromatic heterocycles. The Morgan fingerprint density at radius 2 is 1.89 bits per heavy atom. The van der Waals surface area contributed by atoms with Crippen LogP contribution in [0.5, 0.6) is 0 Å². The van der Waals surface area contributed by atoms with Gasteiger partial charge in [-0.15, -0.1) is 0 Å². The predicted molar refractivity (Wildman–Crippen MR) is 106 cm³/mol. The summed E-state index contributed by atoms with van der Waals surface area (Å²) < 4.78 is 5.33. The highest BCUT2D eigenvalue weighted by atomic mass is 16.3. The van der Waals surface area contributed by atoms with E-state index in [4.69, 9.17) is 4.42 Å². The molecule has 1 saturated heterocycles. The first-order chi connectivity index (χ1) is 13.6. The third-order valence-electron chi connectivity index (χ3n) is 4.96. The van der Waals surface area contributed by atoms with Crippen LogP contribution in [0.3, 0.4) is 0 Å². The Bertz CT molecular complexity index is 983. The molecule has 0 N–H and O–H groups in total. The summed E-state index contributed by atoms with van der Waals surface area (Å²) in [5, 5.41) is 9.51. The minimum Gasteiger partial charge on any atom is -0.461 e. The Labute approximate surface area is 164 Å². The number of hydrogen-bond acceptors (Lipinski definition) is 7. The van der Waals surface area contributed by atoms with E-state index in [2.05, 4.69) is 30.8 Å². The zero-order valence-electron chi connectivity index (χ0n) is 16.1. The average Bonchev–Trinajstić information content (AvgIpc) is 3.23.